The number of carbonyl (C=O) groups is 2. The normalized spacial score (nSPS) is 18.0. The Morgan fingerprint density at radius 2 is 1.73 bits per heavy atom. The van der Waals surface area contributed by atoms with Gasteiger partial charge < -0.3 is 4.74 Å². The van der Waals surface area contributed by atoms with Crippen LogP contribution in [0.2, 0.25) is 0 Å². The predicted octanol–water partition coefficient (Wildman–Crippen LogP) is 3.47. The lowest BCUT2D eigenvalue weighted by Crippen LogP contribution is -2.33. The minimum atomic E-state index is -0.670. The van der Waals surface area contributed by atoms with Crippen LogP contribution in [-0.4, -0.2) is 16.8 Å². The number of carbonyl (C=O) groups excluding carboxylic acids is 2. The number of hydrogen-bond donors (Lipinski definition) is 0. The first kappa shape index (κ1) is 14.3. The van der Waals surface area contributed by atoms with Crippen LogP contribution in [-0.2, 0) is 9.53 Å². The smallest absolute Gasteiger partial charge is 0.304 e. The standard InChI is InChI=1S/C18H17NO3/c1-12(14-8-4-3-5-9-14)19-17(21)15-10-6-7-11-16(15)18(19)22-13(2)20/h3-12,18H,1-2H3/t12-,18?/m1/s1. The molecule has 0 fully saturated rings. The fourth-order valence-corrected chi connectivity index (χ4v) is 2.85. The van der Waals surface area contributed by atoms with Crippen LogP contribution in [0.4, 0.5) is 0 Å². The van der Waals surface area contributed by atoms with Gasteiger partial charge in [-0.05, 0) is 18.6 Å². The molecular weight excluding hydrogens is 278 g/mol. The molecule has 0 radical (unpaired) electrons. The zero-order valence-corrected chi connectivity index (χ0v) is 12.5. The van der Waals surface area contributed by atoms with E-state index in [2.05, 4.69) is 0 Å². The minimum absolute atomic E-state index is 0.113. The Hall–Kier alpha value is -2.62. The van der Waals surface area contributed by atoms with Crippen LogP contribution in [0.25, 0.3) is 0 Å². The first-order valence-corrected chi connectivity index (χ1v) is 7.23. The number of ether oxygens (including phenoxy) is 1. The zero-order valence-electron chi connectivity index (χ0n) is 12.5. The van der Waals surface area contributed by atoms with Gasteiger partial charge in [-0.2, -0.15) is 0 Å². The topological polar surface area (TPSA) is 46.6 Å². The van der Waals surface area contributed by atoms with Crippen molar-refractivity contribution in [3.63, 3.8) is 0 Å². The van der Waals surface area contributed by atoms with E-state index < -0.39 is 12.2 Å². The van der Waals surface area contributed by atoms with Gasteiger partial charge in [0.15, 0.2) is 0 Å². The summed E-state index contributed by atoms with van der Waals surface area (Å²) in [5, 5.41) is 0. The van der Waals surface area contributed by atoms with Crippen molar-refractivity contribution in [2.45, 2.75) is 26.1 Å². The summed E-state index contributed by atoms with van der Waals surface area (Å²) >= 11 is 0. The summed E-state index contributed by atoms with van der Waals surface area (Å²) in [6.07, 6.45) is -0.670. The molecule has 2 aromatic carbocycles. The number of amides is 1. The van der Waals surface area contributed by atoms with Gasteiger partial charge in [-0.25, -0.2) is 0 Å². The zero-order chi connectivity index (χ0) is 15.7. The maximum absolute atomic E-state index is 12.7. The predicted molar refractivity (Wildman–Crippen MR) is 82.0 cm³/mol. The van der Waals surface area contributed by atoms with Gasteiger partial charge in [0.25, 0.3) is 5.91 Å². The second kappa shape index (κ2) is 5.64. The number of rotatable bonds is 3. The van der Waals surface area contributed by atoms with Crippen LogP contribution in [0, 0.1) is 0 Å². The van der Waals surface area contributed by atoms with E-state index in [4.69, 9.17) is 4.74 Å². The monoisotopic (exact) mass is 295 g/mol. The van der Waals surface area contributed by atoms with Gasteiger partial charge in [0, 0.05) is 18.1 Å². The molecule has 1 amide bonds. The number of benzene rings is 2. The van der Waals surface area contributed by atoms with E-state index in [0.717, 1.165) is 11.1 Å². The van der Waals surface area contributed by atoms with E-state index in [9.17, 15) is 9.59 Å². The largest absolute Gasteiger partial charge is 0.437 e. The van der Waals surface area contributed by atoms with Crippen LogP contribution >= 0.6 is 0 Å². The third-order valence-electron chi connectivity index (χ3n) is 3.92. The molecule has 2 aromatic rings. The molecule has 1 unspecified atom stereocenters. The highest BCUT2D eigenvalue weighted by molar-refractivity contribution is 5.99. The molecule has 112 valence electrons. The van der Waals surface area contributed by atoms with E-state index in [1.165, 1.54) is 6.92 Å². The lowest BCUT2D eigenvalue weighted by molar-refractivity contribution is -0.155. The fraction of sp³-hybridized carbons (Fsp3) is 0.222. The summed E-state index contributed by atoms with van der Waals surface area (Å²) in [7, 11) is 0. The molecule has 4 nitrogen and oxygen atoms in total. The van der Waals surface area contributed by atoms with Crippen molar-refractivity contribution in [3.8, 4) is 0 Å². The van der Waals surface area contributed by atoms with Gasteiger partial charge in [0.2, 0.25) is 6.23 Å². The van der Waals surface area contributed by atoms with E-state index in [-0.39, 0.29) is 11.9 Å². The first-order valence-electron chi connectivity index (χ1n) is 7.23. The molecule has 0 spiro atoms. The lowest BCUT2D eigenvalue weighted by Gasteiger charge is -2.30. The first-order chi connectivity index (χ1) is 10.6. The molecule has 3 rings (SSSR count). The van der Waals surface area contributed by atoms with Crippen molar-refractivity contribution < 1.29 is 14.3 Å². The highest BCUT2D eigenvalue weighted by atomic mass is 16.6. The van der Waals surface area contributed by atoms with Gasteiger partial charge in [0.1, 0.15) is 0 Å². The molecule has 4 heteroatoms. The van der Waals surface area contributed by atoms with E-state index in [1.807, 2.05) is 55.5 Å². The van der Waals surface area contributed by atoms with Crippen LogP contribution in [0.15, 0.2) is 54.6 Å². The molecule has 0 N–H and O–H groups in total. The molecule has 0 saturated heterocycles. The third-order valence-corrected chi connectivity index (χ3v) is 3.92. The Bertz CT molecular complexity index is 711. The summed E-state index contributed by atoms with van der Waals surface area (Å²) < 4.78 is 5.43. The van der Waals surface area contributed by atoms with E-state index >= 15 is 0 Å². The van der Waals surface area contributed by atoms with Crippen molar-refractivity contribution in [1.82, 2.24) is 4.90 Å². The molecule has 0 aromatic heterocycles. The molecule has 0 bridgehead atoms. The highest BCUT2D eigenvalue weighted by Gasteiger charge is 2.41. The quantitative estimate of drug-likeness (QED) is 0.815. The molecule has 0 saturated carbocycles. The lowest BCUT2D eigenvalue weighted by atomic mass is 10.1. The number of hydrogen-bond acceptors (Lipinski definition) is 3. The summed E-state index contributed by atoms with van der Waals surface area (Å²) in [4.78, 5) is 25.8. The molecule has 1 aliphatic rings. The average Bonchev–Trinajstić information content (AvgIpc) is 2.80. The van der Waals surface area contributed by atoms with Gasteiger partial charge in [0.05, 0.1) is 6.04 Å². The van der Waals surface area contributed by atoms with Crippen molar-refractivity contribution >= 4 is 11.9 Å². The fourth-order valence-electron chi connectivity index (χ4n) is 2.85. The highest BCUT2D eigenvalue weighted by Crippen LogP contribution is 2.40. The van der Waals surface area contributed by atoms with Crippen LogP contribution in [0.3, 0.4) is 0 Å². The number of fused-ring (bicyclic) bond motifs is 1. The van der Waals surface area contributed by atoms with Gasteiger partial charge in [-0.1, -0.05) is 48.5 Å². The summed E-state index contributed by atoms with van der Waals surface area (Å²) in [5.41, 5.74) is 2.34. The third kappa shape index (κ3) is 2.37. The van der Waals surface area contributed by atoms with Crippen molar-refractivity contribution in [1.29, 1.82) is 0 Å². The van der Waals surface area contributed by atoms with Crippen molar-refractivity contribution in [2.75, 3.05) is 0 Å². The van der Waals surface area contributed by atoms with Gasteiger partial charge in [-0.3, -0.25) is 14.5 Å². The average molecular weight is 295 g/mol. The van der Waals surface area contributed by atoms with Crippen molar-refractivity contribution in [3.05, 3.63) is 71.3 Å². The number of nitrogens with zero attached hydrogens (tertiary/aromatic N) is 1. The van der Waals surface area contributed by atoms with E-state index in [1.54, 1.807) is 11.0 Å². The summed E-state index contributed by atoms with van der Waals surface area (Å²) in [6.45, 7) is 3.30. The van der Waals surface area contributed by atoms with Crippen LogP contribution in [0.1, 0.15) is 47.6 Å². The minimum Gasteiger partial charge on any atom is -0.437 e. The van der Waals surface area contributed by atoms with Crippen LogP contribution < -0.4 is 0 Å². The second-order valence-electron chi connectivity index (χ2n) is 5.35. The molecule has 1 heterocycles. The Morgan fingerprint density at radius 3 is 2.41 bits per heavy atom. The van der Waals surface area contributed by atoms with Crippen LogP contribution in [0.5, 0.6) is 0 Å². The summed E-state index contributed by atoms with van der Waals surface area (Å²) in [6, 6.07) is 16.8. The van der Waals surface area contributed by atoms with Gasteiger partial charge >= 0.3 is 5.97 Å². The maximum atomic E-state index is 12.7. The number of esters is 1. The molecular formula is C18H17NO3. The Kier molecular flexibility index (Phi) is 3.67. The van der Waals surface area contributed by atoms with Gasteiger partial charge in [-0.15, -0.1) is 0 Å². The van der Waals surface area contributed by atoms with Crippen molar-refractivity contribution in [2.24, 2.45) is 0 Å². The van der Waals surface area contributed by atoms with E-state index in [0.29, 0.717) is 5.56 Å². The summed E-state index contributed by atoms with van der Waals surface area (Å²) in [5.74, 6) is -0.516. The second-order valence-corrected chi connectivity index (χ2v) is 5.35. The Balaban J connectivity index is 2.02. The molecule has 1 aliphatic heterocycles. The molecule has 2 atom stereocenters. The molecule has 0 aliphatic carbocycles. The molecule has 22 heavy (non-hydrogen) atoms. The Labute approximate surface area is 129 Å². The maximum Gasteiger partial charge on any atom is 0.304 e. The SMILES string of the molecule is CC(=O)OC1c2ccccc2C(=O)N1[C@H](C)c1ccccc1. The Morgan fingerprint density at radius 1 is 1.09 bits per heavy atom.